The smallest absolute Gasteiger partial charge is 0.0537 e. The largest absolute Gasteiger partial charge is 0.310 e. The number of nitrogens with zero attached hydrogens (tertiary/aromatic N) is 1. The van der Waals surface area contributed by atoms with Crippen LogP contribution < -0.4 is 5.32 Å². The van der Waals surface area contributed by atoms with E-state index in [9.17, 15) is 4.21 Å². The highest BCUT2D eigenvalue weighted by Gasteiger charge is 2.11. The van der Waals surface area contributed by atoms with Crippen LogP contribution in [0.3, 0.4) is 0 Å². The predicted octanol–water partition coefficient (Wildman–Crippen LogP) is 1.53. The summed E-state index contributed by atoms with van der Waals surface area (Å²) >= 11 is 0. The van der Waals surface area contributed by atoms with Crippen molar-refractivity contribution in [1.29, 1.82) is 0 Å². The van der Waals surface area contributed by atoms with E-state index in [0.717, 1.165) is 18.7 Å². The van der Waals surface area contributed by atoms with Gasteiger partial charge in [0.15, 0.2) is 0 Å². The highest BCUT2D eigenvalue weighted by atomic mass is 32.2. The van der Waals surface area contributed by atoms with Gasteiger partial charge in [-0.15, -0.1) is 0 Å². The zero-order valence-corrected chi connectivity index (χ0v) is 11.2. The molecule has 1 aromatic rings. The van der Waals surface area contributed by atoms with Crippen molar-refractivity contribution in [3.63, 3.8) is 0 Å². The van der Waals surface area contributed by atoms with Crippen molar-refractivity contribution < 1.29 is 4.21 Å². The molecule has 1 rings (SSSR count). The van der Waals surface area contributed by atoms with Gasteiger partial charge >= 0.3 is 0 Å². The van der Waals surface area contributed by atoms with Crippen molar-refractivity contribution in [1.82, 2.24) is 15.5 Å². The maximum atomic E-state index is 11.2. The van der Waals surface area contributed by atoms with Crippen LogP contribution in [0.1, 0.15) is 37.6 Å². The van der Waals surface area contributed by atoms with Gasteiger partial charge in [0.05, 0.1) is 6.20 Å². The minimum atomic E-state index is -0.725. The molecular formula is C11H21N3OS. The second-order valence-corrected chi connectivity index (χ2v) is 6.03. The molecule has 3 atom stereocenters. The molecule has 5 heteroatoms. The Bertz CT molecular complexity index is 351. The summed E-state index contributed by atoms with van der Waals surface area (Å²) in [5, 5.41) is 10.6. The predicted molar refractivity (Wildman–Crippen MR) is 67.9 cm³/mol. The van der Waals surface area contributed by atoms with Crippen LogP contribution in [0.4, 0.5) is 0 Å². The molecule has 1 heterocycles. The van der Waals surface area contributed by atoms with E-state index in [1.165, 1.54) is 5.56 Å². The first-order valence-corrected chi connectivity index (χ1v) is 7.20. The van der Waals surface area contributed by atoms with Crippen molar-refractivity contribution in [3.05, 3.63) is 17.5 Å². The van der Waals surface area contributed by atoms with E-state index in [1.807, 2.05) is 20.0 Å². The summed E-state index contributed by atoms with van der Waals surface area (Å²) in [5.41, 5.74) is 2.30. The van der Waals surface area contributed by atoms with E-state index in [-0.39, 0.29) is 11.3 Å². The van der Waals surface area contributed by atoms with Gasteiger partial charge in [0, 0.05) is 39.6 Å². The molecule has 0 saturated carbocycles. The molecule has 0 aliphatic heterocycles. The van der Waals surface area contributed by atoms with Crippen LogP contribution in [0.2, 0.25) is 0 Å². The minimum Gasteiger partial charge on any atom is -0.310 e. The Balaban J connectivity index is 2.34. The first-order chi connectivity index (χ1) is 7.52. The number of hydrogen-bond acceptors (Lipinski definition) is 3. The average molecular weight is 243 g/mol. The molecule has 1 aromatic heterocycles. The Morgan fingerprint density at radius 1 is 1.56 bits per heavy atom. The van der Waals surface area contributed by atoms with E-state index >= 15 is 0 Å². The van der Waals surface area contributed by atoms with Crippen LogP contribution in [0.15, 0.2) is 6.20 Å². The van der Waals surface area contributed by atoms with Crippen LogP contribution in [0.25, 0.3) is 0 Å². The van der Waals surface area contributed by atoms with Gasteiger partial charge in [0.2, 0.25) is 0 Å². The fourth-order valence-corrected chi connectivity index (χ4v) is 2.03. The lowest BCUT2D eigenvalue weighted by atomic mass is 10.1. The standard InChI is InChI=1S/C11H21N3OS/c1-8(16(4)15)5-6-12-9(2)11-7-13-14-10(11)3/h7-9,12H,5-6H2,1-4H3,(H,13,14). The monoisotopic (exact) mass is 243 g/mol. The van der Waals surface area contributed by atoms with Crippen molar-refractivity contribution in [2.45, 2.75) is 38.5 Å². The molecule has 0 fully saturated rings. The summed E-state index contributed by atoms with van der Waals surface area (Å²) in [7, 11) is -0.725. The molecule has 0 saturated heterocycles. The summed E-state index contributed by atoms with van der Waals surface area (Å²) in [6, 6.07) is 0.288. The molecule has 3 unspecified atom stereocenters. The fourth-order valence-electron chi connectivity index (χ4n) is 1.58. The van der Waals surface area contributed by atoms with Crippen molar-refractivity contribution >= 4 is 10.8 Å². The molecule has 2 N–H and O–H groups in total. The summed E-state index contributed by atoms with van der Waals surface area (Å²) in [5.74, 6) is 0. The number of aromatic nitrogens is 2. The Kier molecular flexibility index (Phi) is 5.15. The van der Waals surface area contributed by atoms with Crippen LogP contribution >= 0.6 is 0 Å². The number of rotatable bonds is 6. The Hall–Kier alpha value is -0.680. The second kappa shape index (κ2) is 6.15. The summed E-state index contributed by atoms with van der Waals surface area (Å²) in [6.07, 6.45) is 4.55. The highest BCUT2D eigenvalue weighted by molar-refractivity contribution is 7.84. The van der Waals surface area contributed by atoms with Gasteiger partial charge in [-0.3, -0.25) is 9.31 Å². The Labute approximate surface area is 99.7 Å². The Morgan fingerprint density at radius 2 is 2.25 bits per heavy atom. The molecule has 0 aliphatic carbocycles. The van der Waals surface area contributed by atoms with E-state index < -0.39 is 10.8 Å². The first kappa shape index (κ1) is 13.4. The third kappa shape index (κ3) is 3.72. The summed E-state index contributed by atoms with van der Waals surface area (Å²) < 4.78 is 11.2. The molecule has 0 amide bonds. The normalized spacial score (nSPS) is 17.0. The third-order valence-corrected chi connectivity index (χ3v) is 4.27. The maximum Gasteiger partial charge on any atom is 0.0537 e. The van der Waals surface area contributed by atoms with Crippen LogP contribution in [0.5, 0.6) is 0 Å². The lowest BCUT2D eigenvalue weighted by Gasteiger charge is -2.14. The number of aromatic amines is 1. The molecular weight excluding hydrogens is 222 g/mol. The molecule has 0 spiro atoms. The van der Waals surface area contributed by atoms with Crippen molar-refractivity contribution in [2.75, 3.05) is 12.8 Å². The highest BCUT2D eigenvalue weighted by Crippen LogP contribution is 2.14. The molecule has 0 aliphatic rings. The number of hydrogen-bond donors (Lipinski definition) is 2. The quantitative estimate of drug-likeness (QED) is 0.796. The molecule has 16 heavy (non-hydrogen) atoms. The van der Waals surface area contributed by atoms with Crippen molar-refractivity contribution in [3.8, 4) is 0 Å². The van der Waals surface area contributed by atoms with Gasteiger partial charge in [-0.25, -0.2) is 0 Å². The third-order valence-electron chi connectivity index (χ3n) is 2.90. The van der Waals surface area contributed by atoms with E-state index in [1.54, 1.807) is 6.26 Å². The lowest BCUT2D eigenvalue weighted by molar-refractivity contribution is 0.552. The second-order valence-electron chi connectivity index (χ2n) is 4.22. The van der Waals surface area contributed by atoms with E-state index in [2.05, 4.69) is 22.4 Å². The van der Waals surface area contributed by atoms with Gasteiger partial charge < -0.3 is 5.32 Å². The Morgan fingerprint density at radius 3 is 2.75 bits per heavy atom. The SMILES string of the molecule is Cc1[nH]ncc1C(C)NCCC(C)S(C)=O. The fraction of sp³-hybridized carbons (Fsp3) is 0.727. The van der Waals surface area contributed by atoms with Crippen LogP contribution in [0, 0.1) is 6.92 Å². The maximum absolute atomic E-state index is 11.2. The van der Waals surface area contributed by atoms with Gasteiger partial charge in [-0.1, -0.05) is 6.92 Å². The number of aryl methyl sites for hydroxylation is 1. The van der Waals surface area contributed by atoms with E-state index in [4.69, 9.17) is 0 Å². The molecule has 92 valence electrons. The van der Waals surface area contributed by atoms with Gasteiger partial charge in [-0.2, -0.15) is 5.10 Å². The van der Waals surface area contributed by atoms with Crippen molar-refractivity contribution in [2.24, 2.45) is 0 Å². The first-order valence-electron chi connectivity index (χ1n) is 5.57. The number of H-pyrrole nitrogens is 1. The van der Waals surface area contributed by atoms with Gasteiger partial charge in [0.1, 0.15) is 0 Å². The molecule has 4 nitrogen and oxygen atoms in total. The van der Waals surface area contributed by atoms with Gasteiger partial charge in [-0.05, 0) is 26.8 Å². The van der Waals surface area contributed by atoms with E-state index in [0.29, 0.717) is 0 Å². The topological polar surface area (TPSA) is 57.8 Å². The summed E-state index contributed by atoms with van der Waals surface area (Å²) in [4.78, 5) is 0. The lowest BCUT2D eigenvalue weighted by Crippen LogP contribution is -2.24. The minimum absolute atomic E-state index is 0.255. The zero-order valence-electron chi connectivity index (χ0n) is 10.4. The molecule has 0 bridgehead atoms. The molecule has 0 aromatic carbocycles. The number of nitrogens with one attached hydrogen (secondary N) is 2. The zero-order chi connectivity index (χ0) is 12.1. The van der Waals surface area contributed by atoms with Gasteiger partial charge in [0.25, 0.3) is 0 Å². The van der Waals surface area contributed by atoms with Crippen LogP contribution in [-0.4, -0.2) is 32.5 Å². The van der Waals surface area contributed by atoms with Crippen LogP contribution in [-0.2, 0) is 10.8 Å². The molecule has 0 radical (unpaired) electrons. The summed E-state index contributed by atoms with van der Waals surface area (Å²) in [6.45, 7) is 7.04. The average Bonchev–Trinajstić information content (AvgIpc) is 2.64.